The van der Waals surface area contributed by atoms with Crippen molar-refractivity contribution in [3.63, 3.8) is 0 Å². The van der Waals surface area contributed by atoms with Gasteiger partial charge in [-0.05, 0) is 24.0 Å². The van der Waals surface area contributed by atoms with Crippen molar-refractivity contribution in [3.8, 4) is 5.75 Å². The van der Waals surface area contributed by atoms with Gasteiger partial charge in [-0.1, -0.05) is 48.8 Å². The van der Waals surface area contributed by atoms with Crippen LogP contribution in [0.25, 0.3) is 0 Å². The first kappa shape index (κ1) is 14.5. The lowest BCUT2D eigenvalue weighted by molar-refractivity contribution is 0.161. The van der Waals surface area contributed by atoms with Crippen molar-refractivity contribution in [2.24, 2.45) is 11.3 Å². The number of halogens is 2. The minimum atomic E-state index is -0.255. The molecular formula is C14H20BrFO. The first-order chi connectivity index (χ1) is 7.86. The van der Waals surface area contributed by atoms with E-state index < -0.39 is 0 Å². The van der Waals surface area contributed by atoms with Gasteiger partial charge in [0.05, 0.1) is 6.61 Å². The fourth-order valence-electron chi connectivity index (χ4n) is 1.45. The molecule has 1 atom stereocenters. The van der Waals surface area contributed by atoms with Gasteiger partial charge < -0.3 is 4.74 Å². The Morgan fingerprint density at radius 1 is 1.35 bits per heavy atom. The van der Waals surface area contributed by atoms with Crippen LogP contribution >= 0.6 is 15.9 Å². The Kier molecular flexibility index (Phi) is 4.99. The zero-order valence-corrected chi connectivity index (χ0v) is 12.5. The third kappa shape index (κ3) is 3.98. The standard InChI is InChI=1S/C14H20BrFO/c1-10-6-5-7-12(13(10)16)17-9-11(8-15)14(2,3)4/h5-7,11H,8-9H2,1-4H3. The molecule has 0 N–H and O–H groups in total. The molecule has 1 unspecified atom stereocenters. The molecule has 0 aliphatic carbocycles. The summed E-state index contributed by atoms with van der Waals surface area (Å²) in [6.45, 7) is 8.75. The molecule has 0 aromatic heterocycles. The second-order valence-electron chi connectivity index (χ2n) is 5.42. The maximum absolute atomic E-state index is 13.7. The molecular weight excluding hydrogens is 283 g/mol. The van der Waals surface area contributed by atoms with E-state index in [-0.39, 0.29) is 11.2 Å². The molecule has 0 amide bonds. The van der Waals surface area contributed by atoms with Crippen LogP contribution in [-0.4, -0.2) is 11.9 Å². The van der Waals surface area contributed by atoms with Gasteiger partial charge in [-0.25, -0.2) is 4.39 Å². The molecule has 0 fully saturated rings. The lowest BCUT2D eigenvalue weighted by Gasteiger charge is -2.29. The van der Waals surface area contributed by atoms with Crippen LogP contribution in [0.15, 0.2) is 18.2 Å². The number of rotatable bonds is 4. The predicted octanol–water partition coefficient (Wildman–Crippen LogP) is 4.57. The molecule has 0 heterocycles. The average molecular weight is 303 g/mol. The minimum Gasteiger partial charge on any atom is -0.490 e. The van der Waals surface area contributed by atoms with Crippen LogP contribution in [0.3, 0.4) is 0 Å². The van der Waals surface area contributed by atoms with Crippen molar-refractivity contribution in [2.45, 2.75) is 27.7 Å². The summed E-state index contributed by atoms with van der Waals surface area (Å²) in [6.07, 6.45) is 0. The molecule has 1 aromatic rings. The van der Waals surface area contributed by atoms with Crippen LogP contribution in [0.2, 0.25) is 0 Å². The van der Waals surface area contributed by atoms with Crippen molar-refractivity contribution in [2.75, 3.05) is 11.9 Å². The smallest absolute Gasteiger partial charge is 0.167 e. The molecule has 0 radical (unpaired) electrons. The Morgan fingerprint density at radius 3 is 2.53 bits per heavy atom. The average Bonchev–Trinajstić information content (AvgIpc) is 2.23. The summed E-state index contributed by atoms with van der Waals surface area (Å²) in [5.74, 6) is 0.442. The Labute approximate surface area is 111 Å². The van der Waals surface area contributed by atoms with Crippen molar-refractivity contribution in [3.05, 3.63) is 29.6 Å². The monoisotopic (exact) mass is 302 g/mol. The zero-order chi connectivity index (χ0) is 13.1. The first-order valence-corrected chi connectivity index (χ1v) is 6.92. The summed E-state index contributed by atoms with van der Waals surface area (Å²) in [7, 11) is 0. The summed E-state index contributed by atoms with van der Waals surface area (Å²) in [5, 5.41) is 0.851. The van der Waals surface area contributed by atoms with Crippen LogP contribution in [-0.2, 0) is 0 Å². The van der Waals surface area contributed by atoms with Crippen LogP contribution in [0.5, 0.6) is 5.75 Å². The molecule has 1 nitrogen and oxygen atoms in total. The maximum Gasteiger partial charge on any atom is 0.167 e. The van der Waals surface area contributed by atoms with E-state index >= 15 is 0 Å². The van der Waals surface area contributed by atoms with Crippen molar-refractivity contribution in [1.29, 1.82) is 0 Å². The quantitative estimate of drug-likeness (QED) is 0.740. The van der Waals surface area contributed by atoms with Gasteiger partial charge in [0, 0.05) is 11.2 Å². The molecule has 0 saturated heterocycles. The van der Waals surface area contributed by atoms with Crippen LogP contribution in [0.4, 0.5) is 4.39 Å². The summed E-state index contributed by atoms with van der Waals surface area (Å²) >= 11 is 3.48. The molecule has 0 aliphatic heterocycles. The van der Waals surface area contributed by atoms with Gasteiger partial charge in [-0.3, -0.25) is 0 Å². The number of benzene rings is 1. The molecule has 0 aliphatic rings. The molecule has 3 heteroatoms. The Hall–Kier alpha value is -0.570. The highest BCUT2D eigenvalue weighted by atomic mass is 79.9. The van der Waals surface area contributed by atoms with Crippen LogP contribution in [0.1, 0.15) is 26.3 Å². The van der Waals surface area contributed by atoms with Gasteiger partial charge in [0.15, 0.2) is 11.6 Å². The molecule has 17 heavy (non-hydrogen) atoms. The van der Waals surface area contributed by atoms with E-state index in [1.54, 1.807) is 19.1 Å². The topological polar surface area (TPSA) is 9.23 Å². The number of hydrogen-bond donors (Lipinski definition) is 0. The molecule has 1 rings (SSSR count). The molecule has 1 aromatic carbocycles. The molecule has 96 valence electrons. The molecule has 0 saturated carbocycles. The highest BCUT2D eigenvalue weighted by molar-refractivity contribution is 9.09. The van der Waals surface area contributed by atoms with Gasteiger partial charge in [0.2, 0.25) is 0 Å². The normalized spacial score (nSPS) is 13.5. The van der Waals surface area contributed by atoms with E-state index in [0.717, 1.165) is 5.33 Å². The first-order valence-electron chi connectivity index (χ1n) is 5.80. The van der Waals surface area contributed by atoms with Crippen molar-refractivity contribution in [1.82, 2.24) is 0 Å². The highest BCUT2D eigenvalue weighted by Crippen LogP contribution is 2.29. The predicted molar refractivity (Wildman–Crippen MR) is 73.4 cm³/mol. The summed E-state index contributed by atoms with van der Waals surface area (Å²) in [5.41, 5.74) is 0.762. The second kappa shape index (κ2) is 5.85. The van der Waals surface area contributed by atoms with Crippen LogP contribution in [0, 0.1) is 24.1 Å². The maximum atomic E-state index is 13.7. The number of aryl methyl sites for hydroxylation is 1. The lowest BCUT2D eigenvalue weighted by Crippen LogP contribution is -2.28. The SMILES string of the molecule is Cc1cccc(OCC(CBr)C(C)(C)C)c1F. The van der Waals surface area contributed by atoms with Gasteiger partial charge in [-0.15, -0.1) is 0 Å². The number of ether oxygens (including phenoxy) is 1. The van der Waals surface area contributed by atoms with Gasteiger partial charge in [-0.2, -0.15) is 0 Å². The van der Waals surface area contributed by atoms with E-state index in [0.29, 0.717) is 23.8 Å². The Balaban J connectivity index is 2.70. The fourth-order valence-corrected chi connectivity index (χ4v) is 2.61. The third-order valence-electron chi connectivity index (χ3n) is 3.01. The van der Waals surface area contributed by atoms with Crippen molar-refractivity contribution >= 4 is 15.9 Å². The van der Waals surface area contributed by atoms with E-state index in [9.17, 15) is 4.39 Å². The number of alkyl halides is 1. The van der Waals surface area contributed by atoms with Gasteiger partial charge in [0.25, 0.3) is 0 Å². The van der Waals surface area contributed by atoms with E-state index in [1.165, 1.54) is 0 Å². The zero-order valence-electron chi connectivity index (χ0n) is 10.9. The fraction of sp³-hybridized carbons (Fsp3) is 0.571. The van der Waals surface area contributed by atoms with E-state index in [2.05, 4.69) is 36.7 Å². The summed E-state index contributed by atoms with van der Waals surface area (Å²) in [6, 6.07) is 5.23. The van der Waals surface area contributed by atoms with Gasteiger partial charge in [0.1, 0.15) is 0 Å². The Bertz CT molecular complexity index is 371. The lowest BCUT2D eigenvalue weighted by atomic mass is 9.83. The highest BCUT2D eigenvalue weighted by Gasteiger charge is 2.24. The Morgan fingerprint density at radius 2 is 2.00 bits per heavy atom. The van der Waals surface area contributed by atoms with Crippen LogP contribution < -0.4 is 4.74 Å². The molecule has 0 spiro atoms. The molecule has 0 bridgehead atoms. The van der Waals surface area contributed by atoms with E-state index in [1.807, 2.05) is 6.07 Å². The van der Waals surface area contributed by atoms with Gasteiger partial charge >= 0.3 is 0 Å². The van der Waals surface area contributed by atoms with E-state index in [4.69, 9.17) is 4.74 Å². The minimum absolute atomic E-state index is 0.143. The van der Waals surface area contributed by atoms with Crippen molar-refractivity contribution < 1.29 is 9.13 Å². The number of hydrogen-bond acceptors (Lipinski definition) is 1. The second-order valence-corrected chi connectivity index (χ2v) is 6.06. The largest absolute Gasteiger partial charge is 0.490 e. The summed E-state index contributed by atoms with van der Waals surface area (Å²) < 4.78 is 19.3. The third-order valence-corrected chi connectivity index (χ3v) is 3.79. The summed E-state index contributed by atoms with van der Waals surface area (Å²) in [4.78, 5) is 0.